The first-order chi connectivity index (χ1) is 45.9. The van der Waals surface area contributed by atoms with Gasteiger partial charge in [-0.2, -0.15) is 0 Å². The molecule has 95 heavy (non-hydrogen) atoms. The molecule has 0 saturated carbocycles. The van der Waals surface area contributed by atoms with Gasteiger partial charge < -0.3 is 33.8 Å². The van der Waals surface area contributed by atoms with Crippen LogP contribution in [0.1, 0.15) is 395 Å². The lowest BCUT2D eigenvalue weighted by atomic mass is 9.99. The molecule has 564 valence electrons. The lowest BCUT2D eigenvalue weighted by Gasteiger charge is -2.21. The van der Waals surface area contributed by atoms with Gasteiger partial charge >= 0.3 is 39.5 Å². The van der Waals surface area contributed by atoms with E-state index < -0.39 is 97.5 Å². The van der Waals surface area contributed by atoms with Gasteiger partial charge in [-0.1, -0.05) is 343 Å². The van der Waals surface area contributed by atoms with Gasteiger partial charge in [0.25, 0.3) is 0 Å². The summed E-state index contributed by atoms with van der Waals surface area (Å²) in [7, 11) is -9.91. The third-order valence-corrected chi connectivity index (χ3v) is 20.3. The van der Waals surface area contributed by atoms with Gasteiger partial charge in [0, 0.05) is 25.7 Å². The van der Waals surface area contributed by atoms with E-state index in [1.54, 1.807) is 0 Å². The molecule has 0 aromatic rings. The summed E-state index contributed by atoms with van der Waals surface area (Å²) in [6.45, 7) is 9.65. The van der Waals surface area contributed by atoms with E-state index in [0.29, 0.717) is 25.7 Å². The van der Waals surface area contributed by atoms with Crippen LogP contribution in [0.4, 0.5) is 0 Å². The Kier molecular flexibility index (Phi) is 66.5. The number of rotatable bonds is 75. The molecule has 0 spiro atoms. The lowest BCUT2D eigenvalue weighted by molar-refractivity contribution is -0.161. The maximum atomic E-state index is 13.1. The van der Waals surface area contributed by atoms with Crippen LogP contribution in [0.5, 0.6) is 0 Å². The Morgan fingerprint density at radius 3 is 0.747 bits per heavy atom. The van der Waals surface area contributed by atoms with Crippen LogP contribution in [-0.4, -0.2) is 96.7 Å². The second kappa shape index (κ2) is 67.9. The Balaban J connectivity index is 5.25. The van der Waals surface area contributed by atoms with E-state index >= 15 is 0 Å². The molecule has 4 unspecified atom stereocenters. The zero-order chi connectivity index (χ0) is 70.0. The molecule has 0 radical (unpaired) electrons. The van der Waals surface area contributed by atoms with E-state index in [-0.39, 0.29) is 25.7 Å². The summed E-state index contributed by atoms with van der Waals surface area (Å²) >= 11 is 0. The summed E-state index contributed by atoms with van der Waals surface area (Å²) in [5, 5.41) is 10.6. The van der Waals surface area contributed by atoms with Gasteiger partial charge in [0.05, 0.1) is 26.4 Å². The first-order valence-electron chi connectivity index (χ1n) is 39.6. The van der Waals surface area contributed by atoms with Crippen LogP contribution in [0.15, 0.2) is 0 Å². The molecule has 0 bridgehead atoms. The second-order valence-corrected chi connectivity index (χ2v) is 30.8. The van der Waals surface area contributed by atoms with Crippen LogP contribution in [0, 0.1) is 11.8 Å². The Morgan fingerprint density at radius 2 is 0.505 bits per heavy atom. The number of carbonyl (C=O) groups is 4. The third-order valence-electron chi connectivity index (χ3n) is 18.4. The minimum atomic E-state index is -4.96. The average molecular weight is 1400 g/mol. The van der Waals surface area contributed by atoms with Gasteiger partial charge in [0.2, 0.25) is 0 Å². The summed E-state index contributed by atoms with van der Waals surface area (Å²) in [5.74, 6) is -0.499. The van der Waals surface area contributed by atoms with Crippen LogP contribution in [0.3, 0.4) is 0 Å². The van der Waals surface area contributed by atoms with Crippen LogP contribution < -0.4 is 0 Å². The summed E-state index contributed by atoms with van der Waals surface area (Å²) < 4.78 is 68.5. The molecule has 0 aromatic carbocycles. The monoisotopic (exact) mass is 1400 g/mol. The number of hydrogen-bond acceptors (Lipinski definition) is 15. The van der Waals surface area contributed by atoms with Crippen LogP contribution >= 0.6 is 15.6 Å². The fourth-order valence-corrected chi connectivity index (χ4v) is 13.2. The van der Waals surface area contributed by atoms with Crippen molar-refractivity contribution in [1.82, 2.24) is 0 Å². The van der Waals surface area contributed by atoms with E-state index in [0.717, 1.165) is 102 Å². The van der Waals surface area contributed by atoms with Crippen molar-refractivity contribution in [2.24, 2.45) is 11.8 Å². The first-order valence-corrected chi connectivity index (χ1v) is 42.6. The number of carbonyl (C=O) groups excluding carboxylic acids is 4. The minimum absolute atomic E-state index is 0.105. The molecule has 0 amide bonds. The van der Waals surface area contributed by atoms with Crippen molar-refractivity contribution in [1.29, 1.82) is 0 Å². The second-order valence-electron chi connectivity index (χ2n) is 27.9. The number of aliphatic hydroxyl groups is 1. The number of hydrogen-bond donors (Lipinski definition) is 3. The highest BCUT2D eigenvalue weighted by molar-refractivity contribution is 7.47. The van der Waals surface area contributed by atoms with Gasteiger partial charge in [-0.05, 0) is 37.5 Å². The van der Waals surface area contributed by atoms with E-state index in [9.17, 15) is 43.2 Å². The Bertz CT molecular complexity index is 1840. The van der Waals surface area contributed by atoms with Crippen molar-refractivity contribution in [2.75, 3.05) is 39.6 Å². The summed E-state index contributed by atoms with van der Waals surface area (Å²) in [5.41, 5.74) is 0. The molecule has 3 N–H and O–H groups in total. The molecule has 0 heterocycles. The summed E-state index contributed by atoms with van der Waals surface area (Å²) in [6.07, 6.45) is 55.2. The highest BCUT2D eigenvalue weighted by Crippen LogP contribution is 2.45. The maximum absolute atomic E-state index is 13.1. The zero-order valence-electron chi connectivity index (χ0n) is 62.0. The third kappa shape index (κ3) is 67.6. The van der Waals surface area contributed by atoms with Crippen molar-refractivity contribution < 1.29 is 80.2 Å². The van der Waals surface area contributed by atoms with Gasteiger partial charge in [-0.15, -0.1) is 0 Å². The fraction of sp³-hybridized carbons (Fsp3) is 0.947. The highest BCUT2D eigenvalue weighted by atomic mass is 31.2. The Hall–Kier alpha value is -1.94. The molecule has 19 heteroatoms. The van der Waals surface area contributed by atoms with E-state index in [4.69, 9.17) is 37.0 Å². The molecule has 0 aromatic heterocycles. The van der Waals surface area contributed by atoms with E-state index in [1.165, 1.54) is 212 Å². The van der Waals surface area contributed by atoms with Gasteiger partial charge in [0.15, 0.2) is 12.2 Å². The Morgan fingerprint density at radius 1 is 0.295 bits per heavy atom. The number of phosphoric acid groups is 2. The lowest BCUT2D eigenvalue weighted by Crippen LogP contribution is -2.30. The van der Waals surface area contributed by atoms with Crippen molar-refractivity contribution in [3.05, 3.63) is 0 Å². The van der Waals surface area contributed by atoms with E-state index in [2.05, 4.69) is 41.5 Å². The van der Waals surface area contributed by atoms with Gasteiger partial charge in [-0.3, -0.25) is 37.3 Å². The smallest absolute Gasteiger partial charge is 0.462 e. The predicted molar refractivity (Wildman–Crippen MR) is 386 cm³/mol. The number of aliphatic hydroxyl groups excluding tert-OH is 1. The molecule has 0 aliphatic rings. The number of ether oxygens (including phenoxy) is 4. The fourth-order valence-electron chi connectivity index (χ4n) is 11.6. The van der Waals surface area contributed by atoms with Crippen molar-refractivity contribution in [3.8, 4) is 0 Å². The Labute approximate surface area is 581 Å². The zero-order valence-corrected chi connectivity index (χ0v) is 63.8. The van der Waals surface area contributed by atoms with Gasteiger partial charge in [0.1, 0.15) is 19.3 Å². The standard InChI is InChI=1S/C76H148O17P2/c1-7-11-13-15-17-19-21-25-30-34-41-47-53-59-74(79)86-64-71(92-75(80)60-54-48-42-35-31-27-24-23-26-28-32-38-44-50-56-68(5)9-3)66-90-94(82,83)88-62-70(77)63-89-95(84,85)91-67-72(93-76(81)61-55-49-43-37-36-39-45-51-57-69(6)10-4)65-87-73(78)58-52-46-40-33-29-22-20-18-16-14-12-8-2/h68-72,77H,7-67H2,1-6H3,(H,82,83)(H,84,85)/t68?,69?,70-,71-,72-/m1/s1. The van der Waals surface area contributed by atoms with Crippen LogP contribution in [0.25, 0.3) is 0 Å². The number of phosphoric ester groups is 2. The largest absolute Gasteiger partial charge is 0.472 e. The maximum Gasteiger partial charge on any atom is 0.472 e. The molecule has 7 atom stereocenters. The molecule has 0 fully saturated rings. The first kappa shape index (κ1) is 93.1. The van der Waals surface area contributed by atoms with Crippen LogP contribution in [-0.2, 0) is 65.4 Å². The highest BCUT2D eigenvalue weighted by Gasteiger charge is 2.30. The summed E-state index contributed by atoms with van der Waals surface area (Å²) in [6, 6.07) is 0. The normalized spacial score (nSPS) is 14.6. The molecular weight excluding hydrogens is 1250 g/mol. The van der Waals surface area contributed by atoms with Crippen molar-refractivity contribution >= 4 is 39.5 Å². The predicted octanol–water partition coefficient (Wildman–Crippen LogP) is 22.3. The average Bonchev–Trinajstić information content (AvgIpc) is 2.75. The number of unbranched alkanes of at least 4 members (excludes halogenated alkanes) is 43. The van der Waals surface area contributed by atoms with Gasteiger partial charge in [-0.25, -0.2) is 9.13 Å². The minimum Gasteiger partial charge on any atom is -0.462 e. The molecule has 0 aliphatic carbocycles. The van der Waals surface area contributed by atoms with Crippen molar-refractivity contribution in [3.63, 3.8) is 0 Å². The SMILES string of the molecule is CCCCCCCCCCCCCCCC(=O)OC[C@H](COP(=O)(O)OC[C@@H](O)COP(=O)(O)OC[C@@H](COC(=O)CCCCCCCCCCCCCC)OC(=O)CCCCCCCCCCC(C)CC)OC(=O)CCCCCCCCCCCCCCCCC(C)CC. The molecular formula is C76H148O17P2. The van der Waals surface area contributed by atoms with E-state index in [1.807, 2.05) is 0 Å². The molecule has 0 saturated heterocycles. The van der Waals surface area contributed by atoms with Crippen molar-refractivity contribution in [2.45, 2.75) is 413 Å². The molecule has 0 aliphatic heterocycles. The number of esters is 4. The summed E-state index contributed by atoms with van der Waals surface area (Å²) in [4.78, 5) is 72.8. The van der Waals surface area contributed by atoms with Crippen LogP contribution in [0.2, 0.25) is 0 Å². The quantitative estimate of drug-likeness (QED) is 0.0222. The topological polar surface area (TPSA) is 237 Å². The molecule has 17 nitrogen and oxygen atoms in total. The molecule has 0 rings (SSSR count).